The third-order valence-corrected chi connectivity index (χ3v) is 3.09. The normalized spacial score (nSPS) is 13.4. The molecule has 3 heteroatoms. The van der Waals surface area contributed by atoms with Gasteiger partial charge < -0.3 is 9.84 Å². The van der Waals surface area contributed by atoms with Gasteiger partial charge in [-0.2, -0.15) is 0 Å². The Balaban J connectivity index is 2.72. The van der Waals surface area contributed by atoms with Crippen LogP contribution in [-0.2, 0) is 9.53 Å². The lowest BCUT2D eigenvalue weighted by Crippen LogP contribution is -2.24. The van der Waals surface area contributed by atoms with E-state index >= 15 is 0 Å². The van der Waals surface area contributed by atoms with Crippen molar-refractivity contribution in [3.8, 4) is 0 Å². The molecule has 1 atom stereocenters. The SMILES string of the molecule is COC(C)(C)CCC(C(=O)O)c1ccccc1. The van der Waals surface area contributed by atoms with Gasteiger partial charge in [-0.3, -0.25) is 4.79 Å². The molecular weight excluding hydrogens is 216 g/mol. The predicted octanol–water partition coefficient (Wildman–Crippen LogP) is 3.06. The first-order valence-corrected chi connectivity index (χ1v) is 5.79. The second-order valence-corrected chi connectivity index (χ2v) is 4.80. The summed E-state index contributed by atoms with van der Waals surface area (Å²) >= 11 is 0. The Morgan fingerprint density at radius 2 is 1.94 bits per heavy atom. The van der Waals surface area contributed by atoms with Gasteiger partial charge in [0.15, 0.2) is 0 Å². The van der Waals surface area contributed by atoms with E-state index in [0.717, 1.165) is 12.0 Å². The van der Waals surface area contributed by atoms with E-state index in [9.17, 15) is 9.90 Å². The molecule has 1 unspecified atom stereocenters. The fraction of sp³-hybridized carbons (Fsp3) is 0.500. The van der Waals surface area contributed by atoms with E-state index in [-0.39, 0.29) is 5.60 Å². The number of hydrogen-bond donors (Lipinski definition) is 1. The standard InChI is InChI=1S/C14H20O3/c1-14(2,17-3)10-9-12(13(15)16)11-7-5-4-6-8-11/h4-8,12H,9-10H2,1-3H3,(H,15,16). The van der Waals surface area contributed by atoms with E-state index in [1.54, 1.807) is 7.11 Å². The highest BCUT2D eigenvalue weighted by Gasteiger charge is 2.24. The summed E-state index contributed by atoms with van der Waals surface area (Å²) in [4.78, 5) is 11.3. The van der Waals surface area contributed by atoms with E-state index < -0.39 is 11.9 Å². The van der Waals surface area contributed by atoms with Crippen LogP contribution in [-0.4, -0.2) is 23.8 Å². The van der Waals surface area contributed by atoms with Gasteiger partial charge in [-0.05, 0) is 32.3 Å². The molecule has 17 heavy (non-hydrogen) atoms. The molecule has 1 aromatic carbocycles. The Morgan fingerprint density at radius 3 is 2.41 bits per heavy atom. The number of hydrogen-bond acceptors (Lipinski definition) is 2. The van der Waals surface area contributed by atoms with Gasteiger partial charge in [0.05, 0.1) is 11.5 Å². The third-order valence-electron chi connectivity index (χ3n) is 3.09. The first-order chi connectivity index (χ1) is 7.96. The minimum absolute atomic E-state index is 0.275. The predicted molar refractivity (Wildman–Crippen MR) is 67.1 cm³/mol. The first-order valence-electron chi connectivity index (χ1n) is 5.79. The molecule has 0 heterocycles. The molecule has 0 radical (unpaired) electrons. The van der Waals surface area contributed by atoms with Crippen LogP contribution in [0.15, 0.2) is 30.3 Å². The van der Waals surface area contributed by atoms with Crippen LogP contribution in [0.1, 0.15) is 38.2 Å². The van der Waals surface area contributed by atoms with Crippen LogP contribution in [0.3, 0.4) is 0 Å². The summed E-state index contributed by atoms with van der Waals surface area (Å²) < 4.78 is 5.31. The van der Waals surface area contributed by atoms with Gasteiger partial charge in [0.2, 0.25) is 0 Å². The number of aliphatic carboxylic acids is 1. The van der Waals surface area contributed by atoms with Crippen LogP contribution in [0, 0.1) is 0 Å². The zero-order chi connectivity index (χ0) is 12.9. The quantitative estimate of drug-likeness (QED) is 0.825. The lowest BCUT2D eigenvalue weighted by Gasteiger charge is -2.24. The molecule has 1 N–H and O–H groups in total. The molecular formula is C14H20O3. The summed E-state index contributed by atoms with van der Waals surface area (Å²) in [5, 5.41) is 9.26. The minimum Gasteiger partial charge on any atom is -0.481 e. The molecule has 94 valence electrons. The summed E-state index contributed by atoms with van der Waals surface area (Å²) in [6.07, 6.45) is 1.30. The number of rotatable bonds is 6. The van der Waals surface area contributed by atoms with Crippen molar-refractivity contribution in [2.75, 3.05) is 7.11 Å². The number of carboxylic acid groups (broad SMARTS) is 1. The molecule has 0 saturated carbocycles. The number of carbonyl (C=O) groups is 1. The lowest BCUT2D eigenvalue weighted by atomic mass is 9.90. The molecule has 1 rings (SSSR count). The Hall–Kier alpha value is -1.35. The third kappa shape index (κ3) is 4.19. The number of benzene rings is 1. The van der Waals surface area contributed by atoms with E-state index in [4.69, 9.17) is 4.74 Å². The summed E-state index contributed by atoms with van der Waals surface area (Å²) in [5.41, 5.74) is 0.578. The van der Waals surface area contributed by atoms with Crippen molar-refractivity contribution in [3.05, 3.63) is 35.9 Å². The molecule has 0 aliphatic rings. The molecule has 0 spiro atoms. The Bertz CT molecular complexity index is 357. The van der Waals surface area contributed by atoms with Crippen molar-refractivity contribution in [3.63, 3.8) is 0 Å². The average molecular weight is 236 g/mol. The topological polar surface area (TPSA) is 46.5 Å². The maximum Gasteiger partial charge on any atom is 0.310 e. The average Bonchev–Trinajstić information content (AvgIpc) is 2.30. The fourth-order valence-corrected chi connectivity index (χ4v) is 1.71. The molecule has 0 amide bonds. The monoisotopic (exact) mass is 236 g/mol. The molecule has 0 aliphatic carbocycles. The molecule has 0 aromatic heterocycles. The summed E-state index contributed by atoms with van der Waals surface area (Å²) in [6.45, 7) is 3.94. The van der Waals surface area contributed by atoms with Crippen molar-refractivity contribution in [2.24, 2.45) is 0 Å². The van der Waals surface area contributed by atoms with Crippen LogP contribution in [0.5, 0.6) is 0 Å². The molecule has 0 aliphatic heterocycles. The van der Waals surface area contributed by atoms with Crippen LogP contribution in [0.25, 0.3) is 0 Å². The van der Waals surface area contributed by atoms with Crippen LogP contribution in [0.4, 0.5) is 0 Å². The zero-order valence-corrected chi connectivity index (χ0v) is 10.6. The van der Waals surface area contributed by atoms with Gasteiger partial charge in [-0.1, -0.05) is 30.3 Å². The number of carboxylic acids is 1. The van der Waals surface area contributed by atoms with Crippen molar-refractivity contribution >= 4 is 5.97 Å². The Kier molecular flexibility index (Phi) is 4.70. The highest BCUT2D eigenvalue weighted by Crippen LogP contribution is 2.26. The van der Waals surface area contributed by atoms with Gasteiger partial charge in [0, 0.05) is 7.11 Å². The Morgan fingerprint density at radius 1 is 1.35 bits per heavy atom. The van der Waals surface area contributed by atoms with E-state index in [1.165, 1.54) is 0 Å². The summed E-state index contributed by atoms with van der Waals surface area (Å²) in [5.74, 6) is -1.23. The van der Waals surface area contributed by atoms with Gasteiger partial charge in [-0.15, -0.1) is 0 Å². The maximum atomic E-state index is 11.3. The van der Waals surface area contributed by atoms with Crippen molar-refractivity contribution < 1.29 is 14.6 Å². The van der Waals surface area contributed by atoms with Crippen LogP contribution in [0.2, 0.25) is 0 Å². The van der Waals surface area contributed by atoms with E-state index in [1.807, 2.05) is 44.2 Å². The molecule has 0 fully saturated rings. The number of ether oxygens (including phenoxy) is 1. The second kappa shape index (κ2) is 5.82. The van der Waals surface area contributed by atoms with Gasteiger partial charge in [0.1, 0.15) is 0 Å². The smallest absolute Gasteiger partial charge is 0.310 e. The van der Waals surface area contributed by atoms with Gasteiger partial charge >= 0.3 is 5.97 Å². The van der Waals surface area contributed by atoms with Crippen molar-refractivity contribution in [2.45, 2.75) is 38.2 Å². The summed E-state index contributed by atoms with van der Waals surface area (Å²) in [6, 6.07) is 9.35. The molecule has 3 nitrogen and oxygen atoms in total. The minimum atomic E-state index is -0.775. The highest BCUT2D eigenvalue weighted by molar-refractivity contribution is 5.75. The van der Waals surface area contributed by atoms with Gasteiger partial charge in [0.25, 0.3) is 0 Å². The summed E-state index contributed by atoms with van der Waals surface area (Å²) in [7, 11) is 1.65. The molecule has 0 saturated heterocycles. The van der Waals surface area contributed by atoms with Crippen LogP contribution < -0.4 is 0 Å². The molecule has 1 aromatic rings. The second-order valence-electron chi connectivity index (χ2n) is 4.80. The molecule has 0 bridgehead atoms. The Labute approximate surface area is 102 Å². The van der Waals surface area contributed by atoms with Crippen molar-refractivity contribution in [1.29, 1.82) is 0 Å². The number of methoxy groups -OCH3 is 1. The van der Waals surface area contributed by atoms with Crippen molar-refractivity contribution in [1.82, 2.24) is 0 Å². The van der Waals surface area contributed by atoms with Crippen LogP contribution >= 0.6 is 0 Å². The van der Waals surface area contributed by atoms with Gasteiger partial charge in [-0.25, -0.2) is 0 Å². The largest absolute Gasteiger partial charge is 0.481 e. The highest BCUT2D eigenvalue weighted by atomic mass is 16.5. The van der Waals surface area contributed by atoms with E-state index in [2.05, 4.69) is 0 Å². The lowest BCUT2D eigenvalue weighted by molar-refractivity contribution is -0.139. The first kappa shape index (κ1) is 13.7. The maximum absolute atomic E-state index is 11.3. The zero-order valence-electron chi connectivity index (χ0n) is 10.6. The fourth-order valence-electron chi connectivity index (χ4n) is 1.71. The van der Waals surface area contributed by atoms with E-state index in [0.29, 0.717) is 6.42 Å².